The maximum atomic E-state index is 4.27. The number of rotatable bonds is 1. The molecule has 0 radical (unpaired) electrons. The van der Waals surface area contributed by atoms with Gasteiger partial charge in [-0.2, -0.15) is 0 Å². The molecular formula is C9H12N4. The van der Waals surface area contributed by atoms with Gasteiger partial charge in [-0.1, -0.05) is 0 Å². The van der Waals surface area contributed by atoms with E-state index in [1.54, 1.807) is 0 Å². The van der Waals surface area contributed by atoms with Gasteiger partial charge in [0.15, 0.2) is 0 Å². The molecule has 0 spiro atoms. The van der Waals surface area contributed by atoms with Gasteiger partial charge in [0.25, 0.3) is 0 Å². The lowest BCUT2D eigenvalue weighted by atomic mass is 10.2. The van der Waals surface area contributed by atoms with Gasteiger partial charge in [-0.05, 0) is 12.5 Å². The maximum Gasteiger partial charge on any atom is 0.225 e. The quantitative estimate of drug-likeness (QED) is 0.655. The van der Waals surface area contributed by atoms with Gasteiger partial charge >= 0.3 is 0 Å². The van der Waals surface area contributed by atoms with Crippen molar-refractivity contribution in [2.75, 3.05) is 18.0 Å². The highest BCUT2D eigenvalue weighted by molar-refractivity contribution is 5.35. The highest BCUT2D eigenvalue weighted by atomic mass is 15.3. The molecule has 68 valence electrons. The molecule has 2 aliphatic rings. The van der Waals surface area contributed by atoms with E-state index >= 15 is 0 Å². The van der Waals surface area contributed by atoms with Crippen LogP contribution in [0, 0.1) is 0 Å². The van der Waals surface area contributed by atoms with Crippen LogP contribution >= 0.6 is 0 Å². The fourth-order valence-electron chi connectivity index (χ4n) is 2.25. The number of hydrogen-bond donors (Lipinski definition) is 1. The molecule has 2 aliphatic heterocycles. The van der Waals surface area contributed by atoms with Gasteiger partial charge in [0, 0.05) is 37.6 Å². The van der Waals surface area contributed by atoms with E-state index in [1.165, 1.54) is 6.42 Å². The van der Waals surface area contributed by atoms with Gasteiger partial charge in [-0.3, -0.25) is 0 Å². The lowest BCUT2D eigenvalue weighted by Crippen LogP contribution is -2.44. The van der Waals surface area contributed by atoms with Crippen LogP contribution in [0.1, 0.15) is 6.42 Å². The Labute approximate surface area is 77.0 Å². The zero-order valence-corrected chi connectivity index (χ0v) is 7.35. The number of piperazine rings is 1. The fourth-order valence-corrected chi connectivity index (χ4v) is 2.25. The van der Waals surface area contributed by atoms with Crippen LogP contribution in [0.3, 0.4) is 0 Å². The Balaban J connectivity index is 1.87. The summed E-state index contributed by atoms with van der Waals surface area (Å²) in [7, 11) is 0. The van der Waals surface area contributed by atoms with Crippen LogP contribution in [0.25, 0.3) is 0 Å². The molecular weight excluding hydrogens is 164 g/mol. The van der Waals surface area contributed by atoms with E-state index in [9.17, 15) is 0 Å². The number of nitrogens with one attached hydrogen (secondary N) is 1. The molecule has 3 rings (SSSR count). The molecule has 0 amide bonds. The van der Waals surface area contributed by atoms with Gasteiger partial charge < -0.3 is 10.2 Å². The molecule has 4 nitrogen and oxygen atoms in total. The van der Waals surface area contributed by atoms with E-state index < -0.39 is 0 Å². The van der Waals surface area contributed by atoms with Crippen LogP contribution in [0.4, 0.5) is 5.95 Å². The Hall–Kier alpha value is -1.16. The smallest absolute Gasteiger partial charge is 0.225 e. The van der Waals surface area contributed by atoms with Crippen molar-refractivity contribution in [2.24, 2.45) is 0 Å². The molecule has 2 fully saturated rings. The van der Waals surface area contributed by atoms with Crippen LogP contribution in [0.5, 0.6) is 0 Å². The van der Waals surface area contributed by atoms with Gasteiger partial charge in [0.2, 0.25) is 5.95 Å². The van der Waals surface area contributed by atoms with Crippen molar-refractivity contribution in [3.63, 3.8) is 0 Å². The molecule has 2 bridgehead atoms. The molecule has 2 saturated heterocycles. The Morgan fingerprint density at radius 1 is 1.38 bits per heavy atom. The summed E-state index contributed by atoms with van der Waals surface area (Å²) in [4.78, 5) is 10.8. The molecule has 0 aromatic carbocycles. The molecule has 1 aromatic rings. The Kier molecular flexibility index (Phi) is 1.49. The van der Waals surface area contributed by atoms with Crippen molar-refractivity contribution >= 4 is 5.95 Å². The number of nitrogens with zero attached hydrogens (tertiary/aromatic N) is 3. The second-order valence-electron chi connectivity index (χ2n) is 3.70. The first-order chi connectivity index (χ1) is 6.43. The minimum atomic E-state index is 0.618. The monoisotopic (exact) mass is 176 g/mol. The second kappa shape index (κ2) is 2.67. The standard InChI is InChI=1S/C9H12N4/c1-2-10-9(11-3-1)13-6-7-4-8(13)5-12-7/h1-3,7-8,12H,4-6H2/t7-,8-/m0/s1. The molecule has 2 atom stereocenters. The molecule has 0 saturated carbocycles. The van der Waals surface area contributed by atoms with Crippen molar-refractivity contribution in [2.45, 2.75) is 18.5 Å². The number of aromatic nitrogens is 2. The van der Waals surface area contributed by atoms with E-state index in [1.807, 2.05) is 18.5 Å². The average Bonchev–Trinajstić information content (AvgIpc) is 2.80. The first kappa shape index (κ1) is 7.26. The van der Waals surface area contributed by atoms with Crippen LogP contribution in [-0.2, 0) is 0 Å². The molecule has 1 N–H and O–H groups in total. The molecule has 0 unspecified atom stereocenters. The molecule has 1 aromatic heterocycles. The molecule has 0 aliphatic carbocycles. The number of fused-ring (bicyclic) bond motifs is 2. The lowest BCUT2D eigenvalue weighted by Gasteiger charge is -2.26. The van der Waals surface area contributed by atoms with Crippen LogP contribution in [-0.4, -0.2) is 35.1 Å². The predicted octanol–water partition coefficient (Wildman–Crippen LogP) is 0.0271. The Morgan fingerprint density at radius 3 is 2.85 bits per heavy atom. The minimum Gasteiger partial charge on any atom is -0.335 e. The van der Waals surface area contributed by atoms with Crippen LogP contribution in [0.2, 0.25) is 0 Å². The summed E-state index contributed by atoms with van der Waals surface area (Å²) in [5, 5.41) is 3.46. The summed E-state index contributed by atoms with van der Waals surface area (Å²) in [5.74, 6) is 0.886. The molecule has 4 heteroatoms. The fraction of sp³-hybridized carbons (Fsp3) is 0.556. The highest BCUT2D eigenvalue weighted by Crippen LogP contribution is 2.26. The van der Waals surface area contributed by atoms with E-state index in [4.69, 9.17) is 0 Å². The van der Waals surface area contributed by atoms with Crippen molar-refractivity contribution in [1.29, 1.82) is 0 Å². The normalized spacial score (nSPS) is 31.2. The first-order valence-electron chi connectivity index (χ1n) is 4.70. The van der Waals surface area contributed by atoms with Crippen molar-refractivity contribution in [3.8, 4) is 0 Å². The largest absolute Gasteiger partial charge is 0.335 e. The highest BCUT2D eigenvalue weighted by Gasteiger charge is 2.38. The third-order valence-electron chi connectivity index (χ3n) is 2.87. The maximum absolute atomic E-state index is 4.27. The zero-order valence-electron chi connectivity index (χ0n) is 7.35. The van der Waals surface area contributed by atoms with E-state index in [0.29, 0.717) is 12.1 Å². The Morgan fingerprint density at radius 2 is 2.23 bits per heavy atom. The lowest BCUT2D eigenvalue weighted by molar-refractivity contribution is 0.572. The molecule has 3 heterocycles. The van der Waals surface area contributed by atoms with Gasteiger partial charge in [0.05, 0.1) is 0 Å². The summed E-state index contributed by atoms with van der Waals surface area (Å²) in [6.07, 6.45) is 4.86. The first-order valence-corrected chi connectivity index (χ1v) is 4.70. The van der Waals surface area contributed by atoms with E-state index in [-0.39, 0.29) is 0 Å². The topological polar surface area (TPSA) is 41.1 Å². The number of anilines is 1. The minimum absolute atomic E-state index is 0.618. The SMILES string of the molecule is c1cnc(N2C[C@@H]3C[C@H]2CN3)nc1. The summed E-state index contributed by atoms with van der Waals surface area (Å²) in [5.41, 5.74) is 0. The third kappa shape index (κ3) is 1.09. The van der Waals surface area contributed by atoms with E-state index in [0.717, 1.165) is 19.0 Å². The van der Waals surface area contributed by atoms with Crippen molar-refractivity contribution < 1.29 is 0 Å². The zero-order chi connectivity index (χ0) is 8.67. The second-order valence-corrected chi connectivity index (χ2v) is 3.70. The van der Waals surface area contributed by atoms with Crippen LogP contribution in [0.15, 0.2) is 18.5 Å². The summed E-state index contributed by atoms with van der Waals surface area (Å²) < 4.78 is 0. The number of hydrogen-bond acceptors (Lipinski definition) is 4. The van der Waals surface area contributed by atoms with Crippen molar-refractivity contribution in [1.82, 2.24) is 15.3 Å². The van der Waals surface area contributed by atoms with Crippen LogP contribution < -0.4 is 10.2 Å². The van der Waals surface area contributed by atoms with Gasteiger partial charge in [-0.15, -0.1) is 0 Å². The van der Waals surface area contributed by atoms with Gasteiger partial charge in [-0.25, -0.2) is 9.97 Å². The summed E-state index contributed by atoms with van der Waals surface area (Å²) in [6, 6.07) is 3.14. The van der Waals surface area contributed by atoms with E-state index in [2.05, 4.69) is 20.2 Å². The molecule has 13 heavy (non-hydrogen) atoms. The predicted molar refractivity (Wildman–Crippen MR) is 49.6 cm³/mol. The third-order valence-corrected chi connectivity index (χ3v) is 2.87. The van der Waals surface area contributed by atoms with Gasteiger partial charge in [0.1, 0.15) is 0 Å². The van der Waals surface area contributed by atoms with Crippen molar-refractivity contribution in [3.05, 3.63) is 18.5 Å². The summed E-state index contributed by atoms with van der Waals surface area (Å²) >= 11 is 0. The Bertz CT molecular complexity index is 300. The summed E-state index contributed by atoms with van der Waals surface area (Å²) in [6.45, 7) is 2.15. The average molecular weight is 176 g/mol.